The number of carbonyl (C=O) groups is 1. The predicted octanol–water partition coefficient (Wildman–Crippen LogP) is 4.97. The molecule has 0 saturated heterocycles. The number of rotatable bonds is 4. The molecule has 6 heteroatoms. The minimum absolute atomic E-state index is 0.267. The van der Waals surface area contributed by atoms with Crippen molar-refractivity contribution < 1.29 is 4.79 Å². The van der Waals surface area contributed by atoms with E-state index in [1.165, 1.54) is 6.42 Å². The van der Waals surface area contributed by atoms with E-state index in [-0.39, 0.29) is 5.92 Å². The van der Waals surface area contributed by atoms with Gasteiger partial charge < -0.3 is 5.32 Å². The Kier molecular flexibility index (Phi) is 4.16. The van der Waals surface area contributed by atoms with Crippen molar-refractivity contribution in [2.45, 2.75) is 25.7 Å². The number of anilines is 2. The predicted molar refractivity (Wildman–Crippen MR) is 119 cm³/mol. The summed E-state index contributed by atoms with van der Waals surface area (Å²) in [6.07, 6.45) is 5.56. The highest BCUT2D eigenvalue weighted by Gasteiger charge is 2.26. The van der Waals surface area contributed by atoms with Gasteiger partial charge in [0.15, 0.2) is 17.5 Å². The number of nitrogens with one attached hydrogen (secondary N) is 1. The summed E-state index contributed by atoms with van der Waals surface area (Å²) >= 11 is 0. The molecule has 1 saturated carbocycles. The lowest BCUT2D eigenvalue weighted by molar-refractivity contribution is -0.124. The van der Waals surface area contributed by atoms with Gasteiger partial charge in [0.1, 0.15) is 5.78 Å². The minimum Gasteiger partial charge on any atom is -0.338 e. The summed E-state index contributed by atoms with van der Waals surface area (Å²) in [6, 6.07) is 20.1. The molecule has 6 nitrogen and oxygen atoms in total. The molecule has 0 atom stereocenters. The van der Waals surface area contributed by atoms with Crippen LogP contribution in [0.25, 0.3) is 28.5 Å². The Labute approximate surface area is 180 Å². The van der Waals surface area contributed by atoms with Gasteiger partial charge in [-0.05, 0) is 42.7 Å². The maximum atomic E-state index is 12.4. The Balaban J connectivity index is 1.42. The van der Waals surface area contributed by atoms with E-state index in [1.807, 2.05) is 60.7 Å². The van der Waals surface area contributed by atoms with Gasteiger partial charge in [0.05, 0.1) is 11.4 Å². The topological polar surface area (TPSA) is 72.7 Å². The second-order valence-electron chi connectivity index (χ2n) is 8.19. The SMILES string of the molecule is O=C(Cc1ccc(-c2nnc3n2-c2cccnc2Nc2ccccc2-3)cc1)C1CCC1. The van der Waals surface area contributed by atoms with E-state index in [0.717, 1.165) is 58.4 Å². The van der Waals surface area contributed by atoms with Crippen LogP contribution in [0, 0.1) is 5.92 Å². The van der Waals surface area contributed by atoms with Crippen LogP contribution in [-0.2, 0) is 11.2 Å². The summed E-state index contributed by atoms with van der Waals surface area (Å²) in [6.45, 7) is 0. The number of ketones is 1. The second-order valence-corrected chi connectivity index (χ2v) is 8.19. The van der Waals surface area contributed by atoms with E-state index in [4.69, 9.17) is 0 Å². The largest absolute Gasteiger partial charge is 0.338 e. The maximum absolute atomic E-state index is 12.4. The summed E-state index contributed by atoms with van der Waals surface area (Å²) < 4.78 is 2.05. The zero-order valence-electron chi connectivity index (χ0n) is 17.0. The third kappa shape index (κ3) is 3.03. The lowest BCUT2D eigenvalue weighted by Crippen LogP contribution is -2.23. The van der Waals surface area contributed by atoms with Gasteiger partial charge in [-0.1, -0.05) is 42.8 Å². The van der Waals surface area contributed by atoms with Gasteiger partial charge in [-0.3, -0.25) is 9.36 Å². The molecular formula is C25H21N5O. The highest BCUT2D eigenvalue weighted by atomic mass is 16.1. The molecule has 0 bridgehead atoms. The number of fused-ring (bicyclic) bond motifs is 5. The summed E-state index contributed by atoms with van der Waals surface area (Å²) in [5.41, 5.74) is 4.82. The minimum atomic E-state index is 0.267. The second kappa shape index (κ2) is 7.16. The maximum Gasteiger partial charge on any atom is 0.171 e. The first-order chi connectivity index (χ1) is 15.3. The molecule has 1 aliphatic carbocycles. The monoisotopic (exact) mass is 407 g/mol. The van der Waals surface area contributed by atoms with Crippen LogP contribution < -0.4 is 5.32 Å². The fraction of sp³-hybridized carbons (Fsp3) is 0.200. The van der Waals surface area contributed by atoms with E-state index in [1.54, 1.807) is 6.20 Å². The zero-order chi connectivity index (χ0) is 20.8. The normalized spacial score (nSPS) is 14.5. The summed E-state index contributed by atoms with van der Waals surface area (Å²) in [4.78, 5) is 16.9. The molecule has 1 fully saturated rings. The summed E-state index contributed by atoms with van der Waals surface area (Å²) in [7, 11) is 0. The van der Waals surface area contributed by atoms with Crippen molar-refractivity contribution in [3.05, 3.63) is 72.4 Å². The standard InChI is InChI=1S/C25H21N5O/c31-22(17-5-3-6-17)15-16-10-12-18(13-11-16)24-28-29-25-19-7-1-2-8-20(19)27-23-21(30(24)25)9-4-14-26-23/h1-2,4,7-14,17H,3,5-6,15H2,(H,26,27). The van der Waals surface area contributed by atoms with Crippen molar-refractivity contribution in [1.82, 2.24) is 19.7 Å². The van der Waals surface area contributed by atoms with Crippen LogP contribution in [0.1, 0.15) is 24.8 Å². The van der Waals surface area contributed by atoms with Gasteiger partial charge in [-0.2, -0.15) is 0 Å². The number of nitrogens with zero attached hydrogens (tertiary/aromatic N) is 4. The molecule has 0 unspecified atom stereocenters. The molecule has 0 amide bonds. The molecular weight excluding hydrogens is 386 g/mol. The van der Waals surface area contributed by atoms with Crippen molar-refractivity contribution in [3.63, 3.8) is 0 Å². The van der Waals surface area contributed by atoms with Crippen LogP contribution >= 0.6 is 0 Å². The van der Waals surface area contributed by atoms with Gasteiger partial charge in [0, 0.05) is 29.7 Å². The Morgan fingerprint density at radius 1 is 0.968 bits per heavy atom. The molecule has 1 N–H and O–H groups in total. The lowest BCUT2D eigenvalue weighted by atomic mass is 9.80. The number of hydrogen-bond donors (Lipinski definition) is 1. The number of carbonyl (C=O) groups excluding carboxylic acids is 1. The Hall–Kier alpha value is -3.80. The van der Waals surface area contributed by atoms with Gasteiger partial charge in [-0.15, -0.1) is 10.2 Å². The first-order valence-electron chi connectivity index (χ1n) is 10.7. The van der Waals surface area contributed by atoms with E-state index < -0.39 is 0 Å². The number of para-hydroxylation sites is 1. The smallest absolute Gasteiger partial charge is 0.171 e. The van der Waals surface area contributed by atoms with Crippen LogP contribution in [0.2, 0.25) is 0 Å². The van der Waals surface area contributed by atoms with E-state index in [2.05, 4.69) is 25.1 Å². The van der Waals surface area contributed by atoms with Crippen molar-refractivity contribution in [2.24, 2.45) is 5.92 Å². The summed E-state index contributed by atoms with van der Waals surface area (Å²) in [5, 5.41) is 12.5. The fourth-order valence-corrected chi connectivity index (χ4v) is 4.31. The molecule has 0 radical (unpaired) electrons. The molecule has 152 valence electrons. The molecule has 2 aliphatic rings. The highest BCUT2D eigenvalue weighted by Crippen LogP contribution is 2.39. The summed E-state index contributed by atoms with van der Waals surface area (Å²) in [5.74, 6) is 2.91. The van der Waals surface area contributed by atoms with E-state index >= 15 is 0 Å². The van der Waals surface area contributed by atoms with Gasteiger partial charge in [0.25, 0.3) is 0 Å². The molecule has 2 aromatic carbocycles. The van der Waals surface area contributed by atoms with E-state index in [9.17, 15) is 4.79 Å². The van der Waals surface area contributed by atoms with Crippen molar-refractivity contribution in [2.75, 3.05) is 5.32 Å². The first kappa shape index (κ1) is 18.0. The molecule has 2 aromatic heterocycles. The number of aromatic nitrogens is 4. The van der Waals surface area contributed by atoms with E-state index in [0.29, 0.717) is 12.2 Å². The van der Waals surface area contributed by atoms with Gasteiger partial charge >= 0.3 is 0 Å². The molecule has 4 aromatic rings. The lowest BCUT2D eigenvalue weighted by Gasteiger charge is -2.23. The Morgan fingerprint density at radius 3 is 2.58 bits per heavy atom. The quantitative estimate of drug-likeness (QED) is 0.456. The molecule has 31 heavy (non-hydrogen) atoms. The number of benzene rings is 2. The molecule has 0 spiro atoms. The molecule has 1 aliphatic heterocycles. The Bertz CT molecular complexity index is 1290. The van der Waals surface area contributed by atoms with Crippen LogP contribution in [0.5, 0.6) is 0 Å². The van der Waals surface area contributed by atoms with Crippen molar-refractivity contribution in [1.29, 1.82) is 0 Å². The van der Waals surface area contributed by atoms with Crippen molar-refractivity contribution in [3.8, 4) is 28.5 Å². The van der Waals surface area contributed by atoms with Crippen LogP contribution in [-0.4, -0.2) is 25.5 Å². The van der Waals surface area contributed by atoms with Crippen LogP contribution in [0.3, 0.4) is 0 Å². The zero-order valence-corrected chi connectivity index (χ0v) is 17.0. The number of Topliss-reactive ketones (excluding diaryl/α,β-unsaturated/α-hetero) is 1. The first-order valence-corrected chi connectivity index (χ1v) is 10.7. The van der Waals surface area contributed by atoms with Crippen molar-refractivity contribution >= 4 is 17.3 Å². The highest BCUT2D eigenvalue weighted by molar-refractivity contribution is 5.85. The Morgan fingerprint density at radius 2 is 1.77 bits per heavy atom. The third-order valence-corrected chi connectivity index (χ3v) is 6.26. The number of pyridine rings is 1. The molecule has 3 heterocycles. The van der Waals surface area contributed by atoms with Gasteiger partial charge in [0.2, 0.25) is 0 Å². The average Bonchev–Trinajstić information content (AvgIpc) is 3.13. The molecule has 6 rings (SSSR count). The van der Waals surface area contributed by atoms with Crippen LogP contribution in [0.15, 0.2) is 66.9 Å². The average molecular weight is 407 g/mol. The fourth-order valence-electron chi connectivity index (χ4n) is 4.31. The van der Waals surface area contributed by atoms with Gasteiger partial charge in [-0.25, -0.2) is 4.98 Å². The van der Waals surface area contributed by atoms with Crippen LogP contribution in [0.4, 0.5) is 11.5 Å². The number of hydrogen-bond acceptors (Lipinski definition) is 5. The third-order valence-electron chi connectivity index (χ3n) is 6.26.